The highest BCUT2D eigenvalue weighted by atomic mass is 16.1. The van der Waals surface area contributed by atoms with Gasteiger partial charge >= 0.3 is 0 Å². The third kappa shape index (κ3) is 12.2. The van der Waals surface area contributed by atoms with Crippen molar-refractivity contribution in [1.29, 1.82) is 0 Å². The number of amides is 2. The molecule has 4 nitrogen and oxygen atoms in total. The van der Waals surface area contributed by atoms with E-state index >= 15 is 0 Å². The van der Waals surface area contributed by atoms with Gasteiger partial charge < -0.3 is 11.5 Å². The molecule has 0 aliphatic heterocycles. The quantitative estimate of drug-likeness (QED) is 0.401. The van der Waals surface area contributed by atoms with Gasteiger partial charge in [-0.05, 0) is 39.5 Å². The van der Waals surface area contributed by atoms with Gasteiger partial charge in [-0.2, -0.15) is 0 Å². The highest BCUT2D eigenvalue weighted by Crippen LogP contribution is 2.12. The first-order valence-corrected chi connectivity index (χ1v) is 8.38. The summed E-state index contributed by atoms with van der Waals surface area (Å²) in [5.74, 6) is -0.637. The first kappa shape index (κ1) is 20.4. The molecule has 0 unspecified atom stereocenters. The molecular weight excluding hydrogens is 276 g/mol. The molecule has 0 heterocycles. The van der Waals surface area contributed by atoms with E-state index in [4.69, 9.17) is 11.5 Å². The van der Waals surface area contributed by atoms with E-state index in [1.165, 1.54) is 38.5 Å². The van der Waals surface area contributed by atoms with Gasteiger partial charge in [0.1, 0.15) is 0 Å². The summed E-state index contributed by atoms with van der Waals surface area (Å²) in [5.41, 5.74) is 11.7. The second-order valence-corrected chi connectivity index (χ2v) is 5.91. The fraction of sp³-hybridized carbons (Fsp3) is 0.667. The Balaban J connectivity index is 3.34. The highest BCUT2D eigenvalue weighted by Gasteiger charge is 1.97. The van der Waals surface area contributed by atoms with Crippen molar-refractivity contribution < 1.29 is 9.59 Å². The van der Waals surface area contributed by atoms with Crippen LogP contribution in [-0.4, -0.2) is 11.8 Å². The Morgan fingerprint density at radius 1 is 0.636 bits per heavy atom. The zero-order chi connectivity index (χ0) is 16.8. The number of carbonyl (C=O) groups is 2. The average molecular weight is 308 g/mol. The number of primary amides is 2. The van der Waals surface area contributed by atoms with Crippen LogP contribution in [0.25, 0.3) is 0 Å². The number of nitrogens with two attached hydrogens (primary N) is 2. The van der Waals surface area contributed by atoms with Crippen LogP contribution in [0.5, 0.6) is 0 Å². The van der Waals surface area contributed by atoms with Gasteiger partial charge in [0.15, 0.2) is 0 Å². The fourth-order valence-corrected chi connectivity index (χ4v) is 2.19. The lowest BCUT2D eigenvalue weighted by Crippen LogP contribution is -2.11. The summed E-state index contributed by atoms with van der Waals surface area (Å²) in [6.45, 7) is 3.53. The maximum Gasteiger partial charge on any atom is 0.244 e. The van der Waals surface area contributed by atoms with Gasteiger partial charge in [0.05, 0.1) is 0 Å². The van der Waals surface area contributed by atoms with Crippen LogP contribution in [0.1, 0.15) is 78.1 Å². The molecule has 4 heteroatoms. The monoisotopic (exact) mass is 308 g/mol. The Labute approximate surface area is 135 Å². The zero-order valence-electron chi connectivity index (χ0n) is 14.2. The number of carbonyl (C=O) groups excluding carboxylic acids is 2. The Morgan fingerprint density at radius 2 is 0.909 bits per heavy atom. The third-order valence-corrected chi connectivity index (χ3v) is 3.84. The van der Waals surface area contributed by atoms with Gasteiger partial charge in [-0.1, -0.05) is 50.7 Å². The van der Waals surface area contributed by atoms with Crippen LogP contribution >= 0.6 is 0 Å². The molecule has 2 amide bonds. The smallest absolute Gasteiger partial charge is 0.244 e. The lowest BCUT2D eigenvalue weighted by atomic mass is 10.1. The van der Waals surface area contributed by atoms with Crippen molar-refractivity contribution in [2.24, 2.45) is 11.5 Å². The molecule has 0 radical (unpaired) electrons. The van der Waals surface area contributed by atoms with E-state index in [1.807, 2.05) is 12.2 Å². The molecule has 0 saturated carbocycles. The number of rotatable bonds is 13. The van der Waals surface area contributed by atoms with Crippen LogP contribution in [0.4, 0.5) is 0 Å². The summed E-state index contributed by atoms with van der Waals surface area (Å²) >= 11 is 0. The van der Waals surface area contributed by atoms with Crippen molar-refractivity contribution in [2.45, 2.75) is 78.1 Å². The standard InChI is InChI=1S/C18H32N2O2/c1-15(17(19)21)13-11-9-7-5-3-4-6-8-10-12-14-16(2)18(20)22/h13-14H,3-12H2,1-2H3,(H2,19,21)(H2,20,22). The van der Waals surface area contributed by atoms with Crippen LogP contribution in [0.3, 0.4) is 0 Å². The van der Waals surface area contributed by atoms with Crippen LogP contribution in [-0.2, 0) is 9.59 Å². The van der Waals surface area contributed by atoms with Gasteiger partial charge in [0.2, 0.25) is 11.8 Å². The minimum absolute atomic E-state index is 0.319. The Bertz CT molecular complexity index is 360. The molecule has 22 heavy (non-hydrogen) atoms. The predicted octanol–water partition coefficient (Wildman–Crippen LogP) is 3.75. The molecule has 0 rings (SSSR count). The normalized spacial score (nSPS) is 12.5. The fourth-order valence-electron chi connectivity index (χ4n) is 2.19. The van der Waals surface area contributed by atoms with Gasteiger partial charge in [-0.25, -0.2) is 0 Å². The lowest BCUT2D eigenvalue weighted by Gasteiger charge is -2.01. The lowest BCUT2D eigenvalue weighted by molar-refractivity contribution is -0.115. The first-order chi connectivity index (χ1) is 10.4. The Morgan fingerprint density at radius 3 is 1.18 bits per heavy atom. The molecule has 0 aromatic heterocycles. The maximum atomic E-state index is 10.8. The second-order valence-electron chi connectivity index (χ2n) is 5.91. The van der Waals surface area contributed by atoms with Gasteiger partial charge in [0, 0.05) is 11.1 Å². The van der Waals surface area contributed by atoms with Gasteiger partial charge in [-0.15, -0.1) is 0 Å². The van der Waals surface area contributed by atoms with E-state index in [9.17, 15) is 9.59 Å². The van der Waals surface area contributed by atoms with E-state index in [-0.39, 0.29) is 11.8 Å². The number of hydrogen-bond donors (Lipinski definition) is 2. The van der Waals surface area contributed by atoms with Crippen LogP contribution < -0.4 is 11.5 Å². The van der Waals surface area contributed by atoms with Gasteiger partial charge in [0.25, 0.3) is 0 Å². The zero-order valence-corrected chi connectivity index (χ0v) is 14.2. The van der Waals surface area contributed by atoms with Crippen LogP contribution in [0.2, 0.25) is 0 Å². The molecule has 126 valence electrons. The van der Waals surface area contributed by atoms with E-state index in [0.29, 0.717) is 11.1 Å². The number of unbranched alkanes of at least 4 members (excludes halogenated alkanes) is 9. The summed E-state index contributed by atoms with van der Waals surface area (Å²) in [6.07, 6.45) is 15.5. The SMILES string of the molecule is CC(=CCCCCCCCCCCC=C(C)C(N)=O)C(N)=O. The molecule has 4 N–H and O–H groups in total. The molecule has 0 spiro atoms. The van der Waals surface area contributed by atoms with Crippen molar-refractivity contribution in [3.05, 3.63) is 23.3 Å². The minimum Gasteiger partial charge on any atom is -0.366 e. The second kappa shape index (κ2) is 13.1. The Kier molecular flexibility index (Phi) is 12.2. The first-order valence-electron chi connectivity index (χ1n) is 8.38. The number of allylic oxidation sites excluding steroid dienone is 2. The average Bonchev–Trinajstić information content (AvgIpc) is 2.47. The van der Waals surface area contributed by atoms with E-state index in [2.05, 4.69) is 0 Å². The molecular formula is C18H32N2O2. The maximum absolute atomic E-state index is 10.8. The minimum atomic E-state index is -0.319. The summed E-state index contributed by atoms with van der Waals surface area (Å²) in [4.78, 5) is 21.6. The molecule has 0 atom stereocenters. The molecule has 0 aromatic carbocycles. The van der Waals surface area contributed by atoms with Crippen molar-refractivity contribution in [1.82, 2.24) is 0 Å². The van der Waals surface area contributed by atoms with Crippen molar-refractivity contribution in [3.8, 4) is 0 Å². The summed E-state index contributed by atoms with van der Waals surface area (Å²) in [5, 5.41) is 0. The topological polar surface area (TPSA) is 86.2 Å². The van der Waals surface area contributed by atoms with Crippen molar-refractivity contribution in [3.63, 3.8) is 0 Å². The summed E-state index contributed by atoms with van der Waals surface area (Å²) in [7, 11) is 0. The van der Waals surface area contributed by atoms with Gasteiger partial charge in [-0.3, -0.25) is 9.59 Å². The molecule has 0 fully saturated rings. The molecule has 0 aliphatic rings. The van der Waals surface area contributed by atoms with Crippen LogP contribution in [0.15, 0.2) is 23.3 Å². The molecule has 0 aliphatic carbocycles. The third-order valence-electron chi connectivity index (χ3n) is 3.84. The van der Waals surface area contributed by atoms with E-state index < -0.39 is 0 Å². The van der Waals surface area contributed by atoms with E-state index in [0.717, 1.165) is 25.7 Å². The summed E-state index contributed by atoms with van der Waals surface area (Å²) < 4.78 is 0. The molecule has 0 saturated heterocycles. The molecule has 0 bridgehead atoms. The number of hydrogen-bond acceptors (Lipinski definition) is 2. The van der Waals surface area contributed by atoms with Crippen molar-refractivity contribution >= 4 is 11.8 Å². The summed E-state index contributed by atoms with van der Waals surface area (Å²) in [6, 6.07) is 0. The highest BCUT2D eigenvalue weighted by molar-refractivity contribution is 5.91. The Hall–Kier alpha value is -1.58. The van der Waals surface area contributed by atoms with Crippen molar-refractivity contribution in [2.75, 3.05) is 0 Å². The predicted molar refractivity (Wildman–Crippen MR) is 92.1 cm³/mol. The van der Waals surface area contributed by atoms with Crippen LogP contribution in [0, 0.1) is 0 Å². The molecule has 0 aromatic rings. The largest absolute Gasteiger partial charge is 0.366 e. The van der Waals surface area contributed by atoms with E-state index in [1.54, 1.807) is 13.8 Å².